The van der Waals surface area contributed by atoms with Crippen molar-refractivity contribution in [1.82, 2.24) is 9.97 Å². The van der Waals surface area contributed by atoms with Crippen molar-refractivity contribution in [2.45, 2.75) is 5.75 Å². The third-order valence-electron chi connectivity index (χ3n) is 0.703. The Morgan fingerprint density at radius 1 is 1.86 bits per heavy atom. The van der Waals surface area contributed by atoms with E-state index in [1.54, 1.807) is 12.5 Å². The number of nitrogens with one attached hydrogen (secondary N) is 1. The molecule has 1 rings (SSSR count). The fourth-order valence-corrected chi connectivity index (χ4v) is 0.528. The van der Waals surface area contributed by atoms with Gasteiger partial charge < -0.3 is 4.98 Å². The molecule has 0 fully saturated rings. The highest BCUT2D eigenvalue weighted by Crippen LogP contribution is 1.92. The molecule has 2 nitrogen and oxygen atoms in total. The summed E-state index contributed by atoms with van der Waals surface area (Å²) in [5.74, 6) is 0.601. The molecular formula is C4H5N2S. The summed E-state index contributed by atoms with van der Waals surface area (Å²) in [7, 11) is 0. The van der Waals surface area contributed by atoms with Crippen LogP contribution in [0.2, 0.25) is 0 Å². The lowest BCUT2D eigenvalue weighted by Gasteiger charge is -1.75. The lowest BCUT2D eigenvalue weighted by Crippen LogP contribution is -1.70. The van der Waals surface area contributed by atoms with Crippen LogP contribution >= 0.6 is 12.6 Å². The smallest absolute Gasteiger partial charge is 0.0923 e. The van der Waals surface area contributed by atoms with Crippen LogP contribution in [-0.2, 0) is 5.75 Å². The zero-order valence-electron chi connectivity index (χ0n) is 3.72. The quantitative estimate of drug-likeness (QED) is 0.580. The number of H-pyrrole nitrogens is 1. The number of nitrogens with zero attached hydrogens (tertiary/aromatic N) is 1. The Bertz CT molecular complexity index is 124. The Balaban J connectivity index is 2.76. The third-order valence-corrected chi connectivity index (χ3v) is 0.999. The molecule has 0 aliphatic carbocycles. The molecule has 3 heteroatoms. The molecule has 7 heavy (non-hydrogen) atoms. The minimum Gasteiger partial charge on any atom is -0.351 e. The van der Waals surface area contributed by atoms with E-state index in [2.05, 4.69) is 22.6 Å². The molecule has 0 amide bonds. The normalized spacial score (nSPS) is 9.29. The summed E-state index contributed by atoms with van der Waals surface area (Å²) < 4.78 is 0. The van der Waals surface area contributed by atoms with Crippen LogP contribution in [0.4, 0.5) is 0 Å². The zero-order chi connectivity index (χ0) is 5.11. The largest absolute Gasteiger partial charge is 0.351 e. The molecule has 0 aliphatic rings. The Morgan fingerprint density at radius 2 is 2.71 bits per heavy atom. The fraction of sp³-hybridized carbons (Fsp3) is 0.250. The topological polar surface area (TPSA) is 28.7 Å². The predicted molar refractivity (Wildman–Crippen MR) is 29.9 cm³/mol. The summed E-state index contributed by atoms with van der Waals surface area (Å²) >= 11 is 4.69. The van der Waals surface area contributed by atoms with Gasteiger partial charge in [0, 0.05) is 11.9 Å². The van der Waals surface area contributed by atoms with E-state index < -0.39 is 0 Å². The van der Waals surface area contributed by atoms with Gasteiger partial charge in [-0.15, -0.1) is 0 Å². The van der Waals surface area contributed by atoms with Crippen LogP contribution in [0.3, 0.4) is 0 Å². The lowest BCUT2D eigenvalue weighted by atomic mass is 10.6. The molecule has 0 unspecified atom stereocenters. The summed E-state index contributed by atoms with van der Waals surface area (Å²) in [5, 5.41) is 0. The molecule has 1 aromatic rings. The van der Waals surface area contributed by atoms with E-state index >= 15 is 0 Å². The number of hydrogen-bond acceptors (Lipinski definition) is 1. The molecule has 0 bridgehead atoms. The van der Waals surface area contributed by atoms with Gasteiger partial charge in [-0.1, -0.05) is 12.6 Å². The van der Waals surface area contributed by atoms with Crippen LogP contribution in [0.5, 0.6) is 0 Å². The second kappa shape index (κ2) is 2.02. The number of rotatable bonds is 1. The van der Waals surface area contributed by atoms with Gasteiger partial charge in [-0.3, -0.25) is 0 Å². The van der Waals surface area contributed by atoms with Crippen LogP contribution in [-0.4, -0.2) is 9.97 Å². The maximum atomic E-state index is 4.69. The van der Waals surface area contributed by atoms with Crippen molar-refractivity contribution in [3.63, 3.8) is 0 Å². The van der Waals surface area contributed by atoms with Gasteiger partial charge in [0.15, 0.2) is 0 Å². The molecule has 1 aromatic heterocycles. The predicted octanol–water partition coefficient (Wildman–Crippen LogP) is 1.11. The van der Waals surface area contributed by atoms with Gasteiger partial charge in [0.2, 0.25) is 0 Å². The first-order valence-electron chi connectivity index (χ1n) is 1.99. The van der Waals surface area contributed by atoms with Gasteiger partial charge in [0.1, 0.15) is 0 Å². The van der Waals surface area contributed by atoms with Crippen LogP contribution in [0.1, 0.15) is 5.69 Å². The van der Waals surface area contributed by atoms with Crippen LogP contribution in [0.25, 0.3) is 0 Å². The van der Waals surface area contributed by atoms with Crippen LogP contribution in [0, 0.1) is 0 Å². The van der Waals surface area contributed by atoms with Crippen molar-refractivity contribution < 1.29 is 0 Å². The van der Waals surface area contributed by atoms with Gasteiger partial charge in [-0.25, -0.2) is 4.98 Å². The van der Waals surface area contributed by atoms with E-state index in [0.29, 0.717) is 5.75 Å². The molecule has 0 saturated heterocycles. The number of imidazole rings is 1. The molecule has 0 spiro atoms. The minimum absolute atomic E-state index is 0.601. The van der Waals surface area contributed by atoms with Crippen molar-refractivity contribution in [3.8, 4) is 0 Å². The molecular weight excluding hydrogens is 108 g/mol. The number of aromatic nitrogens is 2. The molecule has 0 atom stereocenters. The maximum Gasteiger partial charge on any atom is 0.0923 e. The number of aromatic amines is 1. The summed E-state index contributed by atoms with van der Waals surface area (Å²) in [4.78, 5) is 6.68. The standard InChI is InChI=1S/C4H5N2S/c7-2-4-1-5-3-6-4/h1,3H,2H2,(H,5,6). The molecule has 1 radical (unpaired) electrons. The van der Waals surface area contributed by atoms with Crippen LogP contribution < -0.4 is 0 Å². The summed E-state index contributed by atoms with van der Waals surface area (Å²) in [5.41, 5.74) is 0.940. The van der Waals surface area contributed by atoms with E-state index in [-0.39, 0.29) is 0 Å². The molecule has 0 aliphatic heterocycles. The molecule has 0 saturated carbocycles. The Kier molecular flexibility index (Phi) is 1.36. The van der Waals surface area contributed by atoms with E-state index in [9.17, 15) is 0 Å². The molecule has 1 N–H and O–H groups in total. The minimum atomic E-state index is 0.601. The highest BCUT2D eigenvalue weighted by atomic mass is 32.1. The van der Waals surface area contributed by atoms with Gasteiger partial charge in [0.25, 0.3) is 0 Å². The average molecular weight is 113 g/mol. The Hall–Kier alpha value is -0.440. The van der Waals surface area contributed by atoms with Gasteiger partial charge in [-0.05, 0) is 0 Å². The third kappa shape index (κ3) is 0.962. The average Bonchev–Trinajstić information content (AvgIpc) is 2.14. The van der Waals surface area contributed by atoms with Crippen LogP contribution in [0.15, 0.2) is 12.5 Å². The van der Waals surface area contributed by atoms with Gasteiger partial charge >= 0.3 is 0 Å². The van der Waals surface area contributed by atoms with Crippen molar-refractivity contribution >= 4 is 12.6 Å². The van der Waals surface area contributed by atoms with Crippen molar-refractivity contribution in [2.24, 2.45) is 0 Å². The first-order chi connectivity index (χ1) is 3.43. The van der Waals surface area contributed by atoms with Crippen molar-refractivity contribution in [3.05, 3.63) is 18.2 Å². The highest BCUT2D eigenvalue weighted by molar-refractivity contribution is 7.79. The van der Waals surface area contributed by atoms with Crippen molar-refractivity contribution in [1.29, 1.82) is 0 Å². The second-order valence-corrected chi connectivity index (χ2v) is 1.49. The fourth-order valence-electron chi connectivity index (χ4n) is 0.370. The maximum absolute atomic E-state index is 4.69. The van der Waals surface area contributed by atoms with Gasteiger partial charge in [-0.2, -0.15) is 0 Å². The molecule has 1 heterocycles. The lowest BCUT2D eigenvalue weighted by molar-refractivity contribution is 1.23. The zero-order valence-corrected chi connectivity index (χ0v) is 4.53. The summed E-state index contributed by atoms with van der Waals surface area (Å²) in [6, 6.07) is 0. The van der Waals surface area contributed by atoms with E-state index in [1.807, 2.05) is 0 Å². The SMILES string of the molecule is [S]Cc1c[nH]cn1. The monoisotopic (exact) mass is 113 g/mol. The second-order valence-electron chi connectivity index (χ2n) is 1.20. The Labute approximate surface area is 47.4 Å². The number of hydrogen-bond donors (Lipinski definition) is 1. The Morgan fingerprint density at radius 3 is 3.00 bits per heavy atom. The molecule has 0 aromatic carbocycles. The van der Waals surface area contributed by atoms with Gasteiger partial charge in [0.05, 0.1) is 12.0 Å². The first kappa shape index (κ1) is 4.71. The van der Waals surface area contributed by atoms with E-state index in [4.69, 9.17) is 0 Å². The molecule has 37 valence electrons. The van der Waals surface area contributed by atoms with Crippen molar-refractivity contribution in [2.75, 3.05) is 0 Å². The van der Waals surface area contributed by atoms with E-state index in [0.717, 1.165) is 5.69 Å². The first-order valence-corrected chi connectivity index (χ1v) is 2.57. The summed E-state index contributed by atoms with van der Waals surface area (Å²) in [6.07, 6.45) is 3.43. The van der Waals surface area contributed by atoms with E-state index in [1.165, 1.54) is 0 Å². The highest BCUT2D eigenvalue weighted by Gasteiger charge is 1.84. The summed E-state index contributed by atoms with van der Waals surface area (Å²) in [6.45, 7) is 0.